The molecule has 3 N–H and O–H groups in total. The Balaban J connectivity index is 1.95. The fourth-order valence-electron chi connectivity index (χ4n) is 1.82. The summed E-state index contributed by atoms with van der Waals surface area (Å²) in [7, 11) is 0. The minimum atomic E-state index is -0.580. The molecule has 1 unspecified atom stereocenters. The zero-order valence-electron chi connectivity index (χ0n) is 13.8. The fraction of sp³-hybridized carbons (Fsp3) is 0.389. The third-order valence-electron chi connectivity index (χ3n) is 3.03. The maximum absolute atomic E-state index is 10.0. The minimum absolute atomic E-state index is 0.0328. The monoisotopic (exact) mass is 313 g/mol. The lowest BCUT2D eigenvalue weighted by atomic mass is 10.1. The molecular formula is C18H23N3O2. The topological polar surface area (TPSA) is 70.2 Å². The van der Waals surface area contributed by atoms with Gasteiger partial charge in [-0.3, -0.25) is 5.10 Å². The summed E-state index contributed by atoms with van der Waals surface area (Å²) in [4.78, 5) is 0. The second-order valence-corrected chi connectivity index (χ2v) is 6.33. The van der Waals surface area contributed by atoms with Crippen molar-refractivity contribution in [3.05, 3.63) is 47.8 Å². The van der Waals surface area contributed by atoms with Crippen LogP contribution in [0.2, 0.25) is 0 Å². The van der Waals surface area contributed by atoms with E-state index in [1.165, 1.54) is 0 Å². The van der Waals surface area contributed by atoms with Crippen molar-refractivity contribution in [2.24, 2.45) is 0 Å². The maximum atomic E-state index is 10.0. The van der Waals surface area contributed by atoms with Crippen molar-refractivity contribution in [3.8, 4) is 17.6 Å². The first kappa shape index (κ1) is 17.1. The SMILES string of the molecule is CC(C)(C)NCC(O)COc1ccccc1C#Cc1cn[nH]c1. The van der Waals surface area contributed by atoms with Crippen molar-refractivity contribution >= 4 is 0 Å². The van der Waals surface area contributed by atoms with E-state index >= 15 is 0 Å². The van der Waals surface area contributed by atoms with Crippen molar-refractivity contribution < 1.29 is 9.84 Å². The lowest BCUT2D eigenvalue weighted by Gasteiger charge is -2.23. The van der Waals surface area contributed by atoms with Crippen LogP contribution >= 0.6 is 0 Å². The first-order valence-corrected chi connectivity index (χ1v) is 7.60. The van der Waals surface area contributed by atoms with Gasteiger partial charge in [0.05, 0.1) is 17.3 Å². The number of H-pyrrole nitrogens is 1. The first-order valence-electron chi connectivity index (χ1n) is 7.60. The molecule has 2 aromatic rings. The Morgan fingerprint density at radius 3 is 2.78 bits per heavy atom. The lowest BCUT2D eigenvalue weighted by molar-refractivity contribution is 0.0999. The normalized spacial score (nSPS) is 12.3. The van der Waals surface area contributed by atoms with Gasteiger partial charge in [0.2, 0.25) is 0 Å². The number of nitrogens with one attached hydrogen (secondary N) is 2. The van der Waals surface area contributed by atoms with Crippen molar-refractivity contribution in [2.75, 3.05) is 13.2 Å². The predicted molar refractivity (Wildman–Crippen MR) is 90.3 cm³/mol. The van der Waals surface area contributed by atoms with E-state index in [1.807, 2.05) is 24.3 Å². The Morgan fingerprint density at radius 1 is 1.30 bits per heavy atom. The summed E-state index contributed by atoms with van der Waals surface area (Å²) in [5.41, 5.74) is 1.56. The number of para-hydroxylation sites is 1. The summed E-state index contributed by atoms with van der Waals surface area (Å²) in [6.07, 6.45) is 2.82. The number of hydrogen-bond acceptors (Lipinski definition) is 4. The van der Waals surface area contributed by atoms with Gasteiger partial charge < -0.3 is 15.2 Å². The third kappa shape index (κ3) is 6.15. The number of ether oxygens (including phenoxy) is 1. The van der Waals surface area contributed by atoms with Gasteiger partial charge in [-0.25, -0.2) is 0 Å². The standard InChI is InChI=1S/C18H23N3O2/c1-18(2,3)19-12-16(22)13-23-17-7-5-4-6-15(17)9-8-14-10-20-21-11-14/h4-7,10-11,16,19,22H,12-13H2,1-3H3,(H,20,21). The number of aromatic nitrogens is 2. The number of benzene rings is 1. The number of β-amino-alcohol motifs (C(OH)–C–C–N with tert-alkyl or cyclic N) is 1. The van der Waals surface area contributed by atoms with Gasteiger partial charge in [-0.2, -0.15) is 5.10 Å². The second kappa shape index (κ2) is 7.82. The van der Waals surface area contributed by atoms with Crippen LogP contribution in [0.3, 0.4) is 0 Å². The highest BCUT2D eigenvalue weighted by Gasteiger charge is 2.13. The van der Waals surface area contributed by atoms with E-state index in [1.54, 1.807) is 12.4 Å². The van der Waals surface area contributed by atoms with Crippen molar-refractivity contribution in [2.45, 2.75) is 32.4 Å². The van der Waals surface area contributed by atoms with Crippen LogP contribution in [0.5, 0.6) is 5.75 Å². The molecule has 1 atom stereocenters. The Labute approximate surface area is 137 Å². The van der Waals surface area contributed by atoms with E-state index in [9.17, 15) is 5.11 Å². The van der Waals surface area contributed by atoms with Crippen LogP contribution in [-0.4, -0.2) is 40.1 Å². The molecule has 1 heterocycles. The molecule has 0 bridgehead atoms. The van der Waals surface area contributed by atoms with Crippen LogP contribution in [0.1, 0.15) is 31.9 Å². The van der Waals surface area contributed by atoms with E-state index < -0.39 is 6.10 Å². The number of hydrogen-bond donors (Lipinski definition) is 3. The molecule has 0 aliphatic rings. The summed E-state index contributed by atoms with van der Waals surface area (Å²) >= 11 is 0. The molecule has 0 radical (unpaired) electrons. The fourth-order valence-corrected chi connectivity index (χ4v) is 1.82. The highest BCUT2D eigenvalue weighted by atomic mass is 16.5. The van der Waals surface area contributed by atoms with Crippen LogP contribution in [0, 0.1) is 11.8 Å². The van der Waals surface area contributed by atoms with Crippen LogP contribution in [-0.2, 0) is 0 Å². The van der Waals surface area contributed by atoms with Crippen molar-refractivity contribution in [1.82, 2.24) is 15.5 Å². The highest BCUT2D eigenvalue weighted by molar-refractivity contribution is 5.48. The van der Waals surface area contributed by atoms with Crippen LogP contribution < -0.4 is 10.1 Å². The number of aliphatic hydroxyl groups excluding tert-OH is 1. The van der Waals surface area contributed by atoms with Gasteiger partial charge in [0.1, 0.15) is 18.5 Å². The summed E-state index contributed by atoms with van der Waals surface area (Å²) in [6.45, 7) is 6.86. The summed E-state index contributed by atoms with van der Waals surface area (Å²) in [5, 5.41) is 19.8. The van der Waals surface area contributed by atoms with E-state index in [-0.39, 0.29) is 12.1 Å². The molecule has 0 aliphatic carbocycles. The number of rotatable bonds is 5. The Morgan fingerprint density at radius 2 is 2.09 bits per heavy atom. The minimum Gasteiger partial charge on any atom is -0.490 e. The van der Waals surface area contributed by atoms with Crippen LogP contribution in [0.25, 0.3) is 0 Å². The molecule has 5 heteroatoms. The van der Waals surface area contributed by atoms with Crippen LogP contribution in [0.15, 0.2) is 36.7 Å². The van der Waals surface area contributed by atoms with E-state index in [0.29, 0.717) is 12.3 Å². The first-order chi connectivity index (χ1) is 10.9. The van der Waals surface area contributed by atoms with Crippen molar-refractivity contribution in [1.29, 1.82) is 0 Å². The number of aromatic amines is 1. The average Bonchev–Trinajstić information content (AvgIpc) is 3.02. The Kier molecular flexibility index (Phi) is 5.80. The van der Waals surface area contributed by atoms with Gasteiger partial charge >= 0.3 is 0 Å². The van der Waals surface area contributed by atoms with Crippen molar-refractivity contribution in [3.63, 3.8) is 0 Å². The van der Waals surface area contributed by atoms with Gasteiger partial charge in [-0.05, 0) is 32.9 Å². The summed E-state index contributed by atoms with van der Waals surface area (Å²) in [6, 6.07) is 7.54. The van der Waals surface area contributed by atoms with E-state index in [2.05, 4.69) is 48.1 Å². The molecule has 0 spiro atoms. The van der Waals surface area contributed by atoms with Crippen LogP contribution in [0.4, 0.5) is 0 Å². The maximum Gasteiger partial charge on any atom is 0.135 e. The van der Waals surface area contributed by atoms with Gasteiger partial charge in [0.15, 0.2) is 0 Å². The predicted octanol–water partition coefficient (Wildman–Crippen LogP) is 1.94. The van der Waals surface area contributed by atoms with Gasteiger partial charge in [-0.15, -0.1) is 0 Å². The van der Waals surface area contributed by atoms with E-state index in [0.717, 1.165) is 11.1 Å². The number of nitrogens with zero attached hydrogens (tertiary/aromatic N) is 1. The molecule has 0 amide bonds. The Hall–Kier alpha value is -2.29. The van der Waals surface area contributed by atoms with Gasteiger partial charge in [0.25, 0.3) is 0 Å². The lowest BCUT2D eigenvalue weighted by Crippen LogP contribution is -2.42. The average molecular weight is 313 g/mol. The molecule has 2 rings (SSSR count). The zero-order valence-corrected chi connectivity index (χ0v) is 13.8. The molecule has 122 valence electrons. The summed E-state index contributed by atoms with van der Waals surface area (Å²) in [5.74, 6) is 6.74. The Bertz CT molecular complexity index is 664. The summed E-state index contributed by atoms with van der Waals surface area (Å²) < 4.78 is 5.72. The molecule has 0 saturated heterocycles. The molecule has 1 aromatic heterocycles. The number of aliphatic hydroxyl groups is 1. The molecule has 5 nitrogen and oxygen atoms in total. The van der Waals surface area contributed by atoms with Gasteiger partial charge in [-0.1, -0.05) is 24.0 Å². The quantitative estimate of drug-likeness (QED) is 0.738. The smallest absolute Gasteiger partial charge is 0.135 e. The zero-order chi connectivity index (χ0) is 16.7. The highest BCUT2D eigenvalue weighted by Crippen LogP contribution is 2.17. The molecule has 0 fully saturated rings. The molecule has 0 saturated carbocycles. The molecular weight excluding hydrogens is 290 g/mol. The van der Waals surface area contributed by atoms with Gasteiger partial charge in [0, 0.05) is 18.3 Å². The third-order valence-corrected chi connectivity index (χ3v) is 3.03. The largest absolute Gasteiger partial charge is 0.490 e. The molecule has 1 aromatic carbocycles. The van der Waals surface area contributed by atoms with E-state index in [4.69, 9.17) is 4.74 Å². The molecule has 23 heavy (non-hydrogen) atoms. The second-order valence-electron chi connectivity index (χ2n) is 6.33. The molecule has 0 aliphatic heterocycles.